The molecule has 0 fully saturated rings. The quantitative estimate of drug-likeness (QED) is 0.277. The van der Waals surface area contributed by atoms with Gasteiger partial charge in [-0.3, -0.25) is 9.11 Å². The molecule has 3 N–H and O–H groups in total. The van der Waals surface area contributed by atoms with Crippen molar-refractivity contribution in [3.63, 3.8) is 0 Å². The summed E-state index contributed by atoms with van der Waals surface area (Å²) in [4.78, 5) is 4.15. The molecule has 0 aliphatic carbocycles. The van der Waals surface area contributed by atoms with Gasteiger partial charge in [-0.15, -0.1) is 0 Å². The number of aromatic nitrogens is 1. The third-order valence-electron chi connectivity index (χ3n) is 2.24. The summed E-state index contributed by atoms with van der Waals surface area (Å²) in [6, 6.07) is 3.81. The maximum absolute atomic E-state index is 8.74. The van der Waals surface area contributed by atoms with Gasteiger partial charge in [0.15, 0.2) is 0 Å². The average molecular weight is 417 g/mol. The molecular weight excluding hydrogens is 396 g/mol. The maximum atomic E-state index is 8.74. The lowest BCUT2D eigenvalue weighted by atomic mass is 10.2. The Morgan fingerprint density at radius 3 is 2.45 bits per heavy atom. The van der Waals surface area contributed by atoms with Crippen molar-refractivity contribution in [2.24, 2.45) is 0 Å². The Bertz CT molecular complexity index is 477. The molecule has 128 valence electrons. The van der Waals surface area contributed by atoms with Crippen molar-refractivity contribution in [2.45, 2.75) is 19.3 Å². The maximum Gasteiger partial charge on any atom is 0.394 e. The van der Waals surface area contributed by atoms with Gasteiger partial charge in [-0.1, -0.05) is 0 Å². The third kappa shape index (κ3) is 17.7. The van der Waals surface area contributed by atoms with E-state index in [-0.39, 0.29) is 0 Å². The monoisotopic (exact) mass is 416 g/mol. The number of hydrogen-bond acceptors (Lipinski definition) is 6. The minimum atomic E-state index is -4.67. The van der Waals surface area contributed by atoms with Gasteiger partial charge in [0.1, 0.15) is 0 Å². The van der Waals surface area contributed by atoms with E-state index in [4.69, 9.17) is 22.3 Å². The number of unbranched alkanes of at least 4 members (excludes halogenated alkanes) is 2. The molecule has 0 atom stereocenters. The largest absolute Gasteiger partial charge is 0.478 e. The Kier molecular flexibility index (Phi) is 12.9. The van der Waals surface area contributed by atoms with Crippen molar-refractivity contribution in [1.82, 2.24) is 10.3 Å². The van der Waals surface area contributed by atoms with Crippen LogP contribution >= 0.6 is 28.6 Å². The molecule has 0 spiro atoms. The van der Waals surface area contributed by atoms with Gasteiger partial charge in [0, 0.05) is 29.0 Å². The van der Waals surface area contributed by atoms with E-state index in [0.717, 1.165) is 36.3 Å². The van der Waals surface area contributed by atoms with Gasteiger partial charge in [0.2, 0.25) is 5.88 Å². The van der Waals surface area contributed by atoms with Gasteiger partial charge in [-0.05, 0) is 47.8 Å². The number of ether oxygens (including phenoxy) is 1. The van der Waals surface area contributed by atoms with E-state index in [2.05, 4.69) is 38.9 Å². The summed E-state index contributed by atoms with van der Waals surface area (Å²) in [7, 11) is -4.67. The number of rotatable bonds is 9. The highest BCUT2D eigenvalue weighted by Gasteiger charge is 1.95. The predicted octanol–water partition coefficient (Wildman–Crippen LogP) is 2.26. The molecule has 0 saturated carbocycles. The molecule has 0 aromatic carbocycles. The second kappa shape index (κ2) is 13.1. The van der Waals surface area contributed by atoms with Crippen molar-refractivity contribution < 1.29 is 22.3 Å². The van der Waals surface area contributed by atoms with Crippen molar-refractivity contribution in [3.8, 4) is 5.88 Å². The first-order valence-corrected chi connectivity index (χ1v) is 9.41. The van der Waals surface area contributed by atoms with Gasteiger partial charge in [-0.25, -0.2) is 4.98 Å². The lowest BCUT2D eigenvalue weighted by Gasteiger charge is -2.05. The molecule has 1 aromatic heterocycles. The highest BCUT2D eigenvalue weighted by molar-refractivity contribution is 9.10. The Balaban J connectivity index is 0.000000763. The van der Waals surface area contributed by atoms with E-state index in [1.165, 1.54) is 12.8 Å². The summed E-state index contributed by atoms with van der Waals surface area (Å²) in [6.45, 7) is 2.79. The molecule has 22 heavy (non-hydrogen) atoms. The number of halogens is 1. The van der Waals surface area contributed by atoms with Crippen molar-refractivity contribution in [3.05, 3.63) is 22.8 Å². The molecule has 1 heterocycles. The second-order valence-electron chi connectivity index (χ2n) is 4.15. The zero-order valence-corrected chi connectivity index (χ0v) is 15.3. The lowest BCUT2D eigenvalue weighted by Crippen LogP contribution is -2.17. The Labute approximate surface area is 145 Å². The fourth-order valence-electron chi connectivity index (χ4n) is 1.36. The Morgan fingerprint density at radius 1 is 1.23 bits per heavy atom. The summed E-state index contributed by atoms with van der Waals surface area (Å²) in [5.74, 6) is 1.60. The zero-order valence-electron chi connectivity index (χ0n) is 12.0. The fourth-order valence-corrected chi connectivity index (χ4v) is 1.75. The van der Waals surface area contributed by atoms with Gasteiger partial charge in [0.05, 0.1) is 6.61 Å². The van der Waals surface area contributed by atoms with E-state index < -0.39 is 10.4 Å². The van der Waals surface area contributed by atoms with E-state index in [1.54, 1.807) is 6.20 Å². The summed E-state index contributed by atoms with van der Waals surface area (Å²) >= 11 is 7.47. The number of thiol groups is 1. The van der Waals surface area contributed by atoms with E-state index in [0.29, 0.717) is 5.88 Å². The summed E-state index contributed by atoms with van der Waals surface area (Å²) in [5, 5.41) is 3.32. The average Bonchev–Trinajstić information content (AvgIpc) is 2.42. The zero-order chi connectivity index (χ0) is 16.8. The molecule has 7 nitrogen and oxygen atoms in total. The topological polar surface area (TPSA) is 109 Å². The fraction of sp³-hybridized carbons (Fsp3) is 0.583. The highest BCUT2D eigenvalue weighted by atomic mass is 79.9. The van der Waals surface area contributed by atoms with Crippen molar-refractivity contribution in [2.75, 3.05) is 25.4 Å². The van der Waals surface area contributed by atoms with E-state index in [9.17, 15) is 0 Å². The molecule has 0 radical (unpaired) electrons. The standard InChI is InChI=1S/C12H19BrN2OS.H2O4S/c13-11-4-5-12(15-10-11)16-8-3-1-2-6-14-7-9-17;1-5(2,3)4/h4-5,10,14,17H,1-3,6-9H2;(H2,1,2,3,4). The Morgan fingerprint density at radius 2 is 1.91 bits per heavy atom. The van der Waals surface area contributed by atoms with Crippen LogP contribution in [-0.4, -0.2) is 48.0 Å². The van der Waals surface area contributed by atoms with Crippen molar-refractivity contribution in [1.29, 1.82) is 0 Å². The van der Waals surface area contributed by atoms with Gasteiger partial charge >= 0.3 is 10.4 Å². The molecule has 0 unspecified atom stereocenters. The number of hydrogen-bond donors (Lipinski definition) is 4. The first kappa shape index (κ1) is 21.6. The minimum absolute atomic E-state index is 0.696. The van der Waals surface area contributed by atoms with Crippen LogP contribution in [0.5, 0.6) is 5.88 Å². The smallest absolute Gasteiger partial charge is 0.394 e. The minimum Gasteiger partial charge on any atom is -0.478 e. The molecule has 0 saturated heterocycles. The lowest BCUT2D eigenvalue weighted by molar-refractivity contribution is 0.293. The molecule has 1 rings (SSSR count). The first-order valence-electron chi connectivity index (χ1n) is 6.58. The van der Waals surface area contributed by atoms with Crippen LogP contribution in [-0.2, 0) is 10.4 Å². The van der Waals surface area contributed by atoms with Crippen LogP contribution < -0.4 is 10.1 Å². The van der Waals surface area contributed by atoms with Gasteiger partial charge in [-0.2, -0.15) is 21.0 Å². The summed E-state index contributed by atoms with van der Waals surface area (Å²) in [5.41, 5.74) is 0. The van der Waals surface area contributed by atoms with Crippen LogP contribution in [0, 0.1) is 0 Å². The molecule has 0 bridgehead atoms. The highest BCUT2D eigenvalue weighted by Crippen LogP contribution is 2.12. The number of pyridine rings is 1. The van der Waals surface area contributed by atoms with Crippen LogP contribution in [0.25, 0.3) is 0 Å². The molecular formula is C12H21BrN2O5S2. The SMILES string of the molecule is O=S(=O)(O)O.SCCNCCCCCOc1ccc(Br)cn1. The first-order chi connectivity index (χ1) is 10.3. The molecule has 0 aliphatic rings. The van der Waals surface area contributed by atoms with Crippen LogP contribution in [0.3, 0.4) is 0 Å². The van der Waals surface area contributed by atoms with Crippen LogP contribution in [0.15, 0.2) is 22.8 Å². The number of nitrogens with zero attached hydrogens (tertiary/aromatic N) is 1. The van der Waals surface area contributed by atoms with E-state index in [1.807, 2.05) is 12.1 Å². The van der Waals surface area contributed by atoms with Gasteiger partial charge in [0.25, 0.3) is 0 Å². The van der Waals surface area contributed by atoms with E-state index >= 15 is 0 Å². The molecule has 0 amide bonds. The van der Waals surface area contributed by atoms with Crippen LogP contribution in [0.1, 0.15) is 19.3 Å². The Hall–Kier alpha value is -0.390. The third-order valence-corrected chi connectivity index (χ3v) is 2.93. The summed E-state index contributed by atoms with van der Waals surface area (Å²) in [6.07, 6.45) is 5.18. The normalized spacial score (nSPS) is 10.7. The number of nitrogens with one attached hydrogen (secondary N) is 1. The second-order valence-corrected chi connectivity index (χ2v) is 6.40. The molecule has 1 aromatic rings. The predicted molar refractivity (Wildman–Crippen MR) is 92.2 cm³/mol. The molecule has 0 aliphatic heterocycles. The van der Waals surface area contributed by atoms with Crippen molar-refractivity contribution >= 4 is 39.0 Å². The van der Waals surface area contributed by atoms with Crippen LogP contribution in [0.2, 0.25) is 0 Å². The summed E-state index contributed by atoms with van der Waals surface area (Å²) < 4.78 is 38.1. The van der Waals surface area contributed by atoms with Crippen LogP contribution in [0.4, 0.5) is 0 Å². The van der Waals surface area contributed by atoms with Gasteiger partial charge < -0.3 is 10.1 Å². The molecule has 10 heteroatoms.